The maximum absolute atomic E-state index is 13.2. The van der Waals surface area contributed by atoms with E-state index in [0.717, 1.165) is 11.3 Å². The quantitative estimate of drug-likeness (QED) is 0.471. The lowest BCUT2D eigenvalue weighted by Gasteiger charge is -2.15. The minimum absolute atomic E-state index is 0.0182. The lowest BCUT2D eigenvalue weighted by atomic mass is 10.1. The van der Waals surface area contributed by atoms with Gasteiger partial charge in [-0.2, -0.15) is 5.10 Å². The number of nitrogens with zero attached hydrogens (tertiary/aromatic N) is 3. The minimum atomic E-state index is -0.237. The number of para-hydroxylation sites is 1. The number of benzene rings is 2. The molecule has 5 nitrogen and oxygen atoms in total. The number of furan rings is 1. The highest BCUT2D eigenvalue weighted by atomic mass is 32.2. The molecular weight excluding hydrogens is 370 g/mol. The first-order valence-corrected chi connectivity index (χ1v) is 9.84. The molecule has 2 heterocycles. The maximum atomic E-state index is 13.2. The van der Waals surface area contributed by atoms with Crippen LogP contribution in [0.1, 0.15) is 16.9 Å². The van der Waals surface area contributed by atoms with Gasteiger partial charge in [-0.15, -0.1) is 5.10 Å². The Morgan fingerprint density at radius 1 is 1.11 bits per heavy atom. The van der Waals surface area contributed by atoms with E-state index in [9.17, 15) is 4.79 Å². The highest BCUT2D eigenvalue weighted by Crippen LogP contribution is 2.34. The van der Waals surface area contributed by atoms with Gasteiger partial charge in [-0.3, -0.25) is 9.69 Å². The summed E-state index contributed by atoms with van der Waals surface area (Å²) in [6, 6.07) is 21.4. The predicted octanol–water partition coefficient (Wildman–Crippen LogP) is 4.67. The van der Waals surface area contributed by atoms with Crippen LogP contribution in [0.25, 0.3) is 0 Å². The molecular formula is C22H19N3O2S. The molecule has 6 heteroatoms. The molecule has 140 valence electrons. The highest BCUT2D eigenvalue weighted by Gasteiger charge is 2.39. The summed E-state index contributed by atoms with van der Waals surface area (Å²) in [6.45, 7) is 2.06. The fraction of sp³-hybridized carbons (Fsp3) is 0.136. The van der Waals surface area contributed by atoms with Crippen LogP contribution in [0.5, 0.6) is 0 Å². The van der Waals surface area contributed by atoms with Crippen molar-refractivity contribution in [3.05, 3.63) is 89.9 Å². The van der Waals surface area contributed by atoms with E-state index < -0.39 is 0 Å². The molecule has 4 rings (SSSR count). The van der Waals surface area contributed by atoms with Crippen LogP contribution in [-0.2, 0) is 11.2 Å². The second-order valence-electron chi connectivity index (χ2n) is 6.45. The van der Waals surface area contributed by atoms with Crippen molar-refractivity contribution in [2.45, 2.75) is 18.6 Å². The number of anilines is 1. The summed E-state index contributed by atoms with van der Waals surface area (Å²) in [4.78, 5) is 14.8. The number of rotatable bonds is 5. The number of amides is 1. The molecule has 0 saturated carbocycles. The molecule has 3 aromatic rings. The number of hydrogen-bond donors (Lipinski definition) is 0. The highest BCUT2D eigenvalue weighted by molar-refractivity contribution is 8.16. The molecule has 1 amide bonds. The average molecular weight is 389 g/mol. The molecule has 2 aromatic carbocycles. The average Bonchev–Trinajstić information content (AvgIpc) is 3.31. The molecule has 0 aliphatic carbocycles. The third kappa shape index (κ3) is 4.07. The summed E-state index contributed by atoms with van der Waals surface area (Å²) in [7, 11) is 0. The summed E-state index contributed by atoms with van der Waals surface area (Å²) in [5.41, 5.74) is 3.11. The Morgan fingerprint density at radius 3 is 2.71 bits per heavy atom. The van der Waals surface area contributed by atoms with Gasteiger partial charge in [-0.25, -0.2) is 0 Å². The van der Waals surface area contributed by atoms with E-state index >= 15 is 0 Å². The third-order valence-corrected chi connectivity index (χ3v) is 5.45. The van der Waals surface area contributed by atoms with Gasteiger partial charge in [0.25, 0.3) is 0 Å². The first kappa shape index (κ1) is 18.3. The van der Waals surface area contributed by atoms with E-state index in [1.54, 1.807) is 23.3 Å². The van der Waals surface area contributed by atoms with E-state index in [1.165, 1.54) is 23.5 Å². The molecule has 1 aromatic heterocycles. The van der Waals surface area contributed by atoms with Crippen LogP contribution in [-0.4, -0.2) is 22.5 Å². The maximum Gasteiger partial charge on any atom is 0.247 e. The molecule has 1 aliphatic rings. The topological polar surface area (TPSA) is 58.2 Å². The van der Waals surface area contributed by atoms with Gasteiger partial charge >= 0.3 is 0 Å². The van der Waals surface area contributed by atoms with Gasteiger partial charge in [0.05, 0.1) is 23.4 Å². The Labute approximate surface area is 167 Å². The van der Waals surface area contributed by atoms with E-state index in [0.29, 0.717) is 17.3 Å². The van der Waals surface area contributed by atoms with Gasteiger partial charge in [0.15, 0.2) is 5.17 Å². The summed E-state index contributed by atoms with van der Waals surface area (Å²) < 4.78 is 5.24. The zero-order valence-corrected chi connectivity index (χ0v) is 16.2. The fourth-order valence-corrected chi connectivity index (χ4v) is 4.17. The van der Waals surface area contributed by atoms with Crippen LogP contribution < -0.4 is 4.90 Å². The van der Waals surface area contributed by atoms with Crippen LogP contribution in [0.3, 0.4) is 0 Å². The summed E-state index contributed by atoms with van der Waals surface area (Å²) in [5.74, 6) is 0.630. The van der Waals surface area contributed by atoms with Crippen molar-refractivity contribution >= 4 is 34.7 Å². The second kappa shape index (κ2) is 8.27. The summed E-state index contributed by atoms with van der Waals surface area (Å²) in [5, 5.41) is 8.76. The SMILES string of the molecule is Cc1cccc(CC2S/C(=N\N=C\c3ccco3)N(c3ccccc3)C2=O)c1. The van der Waals surface area contributed by atoms with Gasteiger partial charge in [-0.05, 0) is 43.2 Å². The van der Waals surface area contributed by atoms with Crippen LogP contribution in [0.4, 0.5) is 5.69 Å². The number of amidine groups is 1. The van der Waals surface area contributed by atoms with Crippen molar-refractivity contribution < 1.29 is 9.21 Å². The van der Waals surface area contributed by atoms with Crippen molar-refractivity contribution in [2.75, 3.05) is 4.90 Å². The minimum Gasteiger partial charge on any atom is -0.463 e. The third-order valence-electron chi connectivity index (χ3n) is 4.32. The Hall–Kier alpha value is -3.12. The lowest BCUT2D eigenvalue weighted by molar-refractivity contribution is -0.116. The predicted molar refractivity (Wildman–Crippen MR) is 114 cm³/mol. The van der Waals surface area contributed by atoms with Crippen molar-refractivity contribution in [2.24, 2.45) is 10.2 Å². The van der Waals surface area contributed by atoms with E-state index in [1.807, 2.05) is 36.4 Å². The Morgan fingerprint density at radius 2 is 1.96 bits per heavy atom. The normalized spacial score (nSPS) is 18.5. The molecule has 1 atom stereocenters. The first-order chi connectivity index (χ1) is 13.7. The van der Waals surface area contributed by atoms with Gasteiger partial charge in [0, 0.05) is 0 Å². The van der Waals surface area contributed by atoms with Crippen molar-refractivity contribution in [3.8, 4) is 0 Å². The molecule has 1 aliphatic heterocycles. The van der Waals surface area contributed by atoms with Gasteiger partial charge in [0.1, 0.15) is 5.76 Å². The molecule has 0 bridgehead atoms. The van der Waals surface area contributed by atoms with Crippen molar-refractivity contribution in [3.63, 3.8) is 0 Å². The van der Waals surface area contributed by atoms with Gasteiger partial charge in [-0.1, -0.05) is 59.8 Å². The van der Waals surface area contributed by atoms with Crippen LogP contribution in [0, 0.1) is 6.92 Å². The molecule has 28 heavy (non-hydrogen) atoms. The zero-order valence-electron chi connectivity index (χ0n) is 15.4. The van der Waals surface area contributed by atoms with E-state index in [2.05, 4.69) is 35.3 Å². The van der Waals surface area contributed by atoms with E-state index in [-0.39, 0.29) is 11.2 Å². The van der Waals surface area contributed by atoms with Crippen LogP contribution >= 0.6 is 11.8 Å². The Kier molecular flexibility index (Phi) is 5.39. The lowest BCUT2D eigenvalue weighted by Crippen LogP contribution is -2.32. The van der Waals surface area contributed by atoms with Crippen molar-refractivity contribution in [1.82, 2.24) is 0 Å². The summed E-state index contributed by atoms with van der Waals surface area (Å²) >= 11 is 1.44. The standard InChI is InChI=1S/C22H19N3O2S/c1-16-7-5-8-17(13-16)14-20-21(26)25(18-9-3-2-4-10-18)22(28-20)24-23-15-19-11-6-12-27-19/h2-13,15,20H,14H2,1H3/b23-15+,24-22-. The fourth-order valence-electron chi connectivity index (χ4n) is 3.03. The van der Waals surface area contributed by atoms with Crippen LogP contribution in [0.2, 0.25) is 0 Å². The van der Waals surface area contributed by atoms with Crippen LogP contribution in [0.15, 0.2) is 87.6 Å². The first-order valence-electron chi connectivity index (χ1n) is 8.96. The number of carbonyl (C=O) groups excluding carboxylic acids is 1. The summed E-state index contributed by atoms with van der Waals surface area (Å²) in [6.07, 6.45) is 3.76. The smallest absolute Gasteiger partial charge is 0.247 e. The zero-order chi connectivity index (χ0) is 19.3. The number of carbonyl (C=O) groups is 1. The molecule has 1 unspecified atom stereocenters. The Balaban J connectivity index is 1.61. The Bertz CT molecular complexity index is 1010. The number of hydrogen-bond acceptors (Lipinski definition) is 5. The second-order valence-corrected chi connectivity index (χ2v) is 7.62. The number of thioether (sulfide) groups is 1. The van der Waals surface area contributed by atoms with Gasteiger partial charge in [0.2, 0.25) is 5.91 Å². The monoisotopic (exact) mass is 389 g/mol. The molecule has 1 saturated heterocycles. The molecule has 0 N–H and O–H groups in total. The largest absolute Gasteiger partial charge is 0.463 e. The van der Waals surface area contributed by atoms with Gasteiger partial charge < -0.3 is 4.42 Å². The van der Waals surface area contributed by atoms with E-state index in [4.69, 9.17) is 4.42 Å². The molecule has 1 fully saturated rings. The molecule has 0 spiro atoms. The molecule has 0 radical (unpaired) electrons. The van der Waals surface area contributed by atoms with Crippen molar-refractivity contribution in [1.29, 1.82) is 0 Å². The number of aryl methyl sites for hydroxylation is 1.